The molecule has 0 aliphatic rings. The van der Waals surface area contributed by atoms with Gasteiger partial charge in [0.1, 0.15) is 12.4 Å². The SMILES string of the molecule is CC(=O)NCCSC(=O)/C=C/c1ccc(OC/C=C(/C)CC/C=C(/C)CCC=C(C)C)cc1. The van der Waals surface area contributed by atoms with E-state index in [0.29, 0.717) is 18.9 Å². The Morgan fingerprint density at radius 3 is 2.18 bits per heavy atom. The fourth-order valence-corrected chi connectivity index (χ4v) is 3.45. The Labute approximate surface area is 204 Å². The maximum Gasteiger partial charge on any atom is 0.216 e. The molecule has 0 spiro atoms. The molecule has 0 bridgehead atoms. The summed E-state index contributed by atoms with van der Waals surface area (Å²) in [5, 5.41) is 2.64. The van der Waals surface area contributed by atoms with Crippen LogP contribution in [0, 0.1) is 0 Å². The normalized spacial score (nSPS) is 12.0. The summed E-state index contributed by atoms with van der Waals surface area (Å²) in [6.07, 6.45) is 14.5. The molecule has 1 aromatic carbocycles. The third kappa shape index (κ3) is 15.8. The van der Waals surface area contributed by atoms with Gasteiger partial charge in [-0.25, -0.2) is 0 Å². The smallest absolute Gasteiger partial charge is 0.216 e. The Morgan fingerprint density at radius 1 is 0.909 bits per heavy atom. The van der Waals surface area contributed by atoms with Crippen molar-refractivity contribution in [3.8, 4) is 5.75 Å². The van der Waals surface area contributed by atoms with Crippen LogP contribution < -0.4 is 10.1 Å². The van der Waals surface area contributed by atoms with E-state index in [2.05, 4.69) is 51.2 Å². The predicted molar refractivity (Wildman–Crippen MR) is 143 cm³/mol. The van der Waals surface area contributed by atoms with Gasteiger partial charge in [0.2, 0.25) is 11.0 Å². The largest absolute Gasteiger partial charge is 0.490 e. The molecule has 0 unspecified atom stereocenters. The molecule has 1 amide bonds. The first-order valence-corrected chi connectivity index (χ1v) is 12.5. The van der Waals surface area contributed by atoms with Crippen LogP contribution in [-0.4, -0.2) is 29.9 Å². The lowest BCUT2D eigenvalue weighted by Gasteiger charge is -2.05. The average molecular weight is 470 g/mol. The zero-order valence-electron chi connectivity index (χ0n) is 20.8. The molecule has 0 aliphatic carbocycles. The van der Waals surface area contributed by atoms with E-state index in [9.17, 15) is 9.59 Å². The molecule has 4 nitrogen and oxygen atoms in total. The summed E-state index contributed by atoms with van der Waals surface area (Å²) in [6, 6.07) is 7.69. The Hall–Kier alpha value is -2.53. The van der Waals surface area contributed by atoms with Gasteiger partial charge >= 0.3 is 0 Å². The van der Waals surface area contributed by atoms with Gasteiger partial charge in [-0.2, -0.15) is 0 Å². The molecule has 0 heterocycles. The third-order valence-electron chi connectivity index (χ3n) is 4.82. The van der Waals surface area contributed by atoms with E-state index in [1.54, 1.807) is 12.2 Å². The van der Waals surface area contributed by atoms with E-state index in [1.165, 1.54) is 35.4 Å². The van der Waals surface area contributed by atoms with Crippen molar-refractivity contribution < 1.29 is 14.3 Å². The van der Waals surface area contributed by atoms with Gasteiger partial charge in [-0.1, -0.05) is 58.8 Å². The van der Waals surface area contributed by atoms with Crippen molar-refractivity contribution in [3.05, 3.63) is 70.9 Å². The van der Waals surface area contributed by atoms with E-state index in [0.717, 1.165) is 37.0 Å². The second-order valence-corrected chi connectivity index (χ2v) is 9.42. The Balaban J connectivity index is 2.32. The zero-order valence-corrected chi connectivity index (χ0v) is 21.6. The number of rotatable bonds is 14. The van der Waals surface area contributed by atoms with Crippen LogP contribution in [-0.2, 0) is 9.59 Å². The summed E-state index contributed by atoms with van der Waals surface area (Å²) in [5.41, 5.74) is 5.11. The van der Waals surface area contributed by atoms with Crippen molar-refractivity contribution in [3.63, 3.8) is 0 Å². The van der Waals surface area contributed by atoms with E-state index < -0.39 is 0 Å². The van der Waals surface area contributed by atoms with Crippen molar-refractivity contribution in [1.29, 1.82) is 0 Å². The number of ether oxygens (including phenoxy) is 1. The lowest BCUT2D eigenvalue weighted by atomic mass is 10.1. The number of hydrogen-bond donors (Lipinski definition) is 1. The lowest BCUT2D eigenvalue weighted by molar-refractivity contribution is -0.118. The molecule has 0 radical (unpaired) electrons. The standard InChI is InChI=1S/C28H39NO3S/c1-22(2)8-6-9-23(3)10-7-11-24(4)18-20-32-27-15-12-26(13-16-27)14-17-28(31)33-21-19-29-25(5)30/h8,10,12-18H,6-7,9,11,19-21H2,1-5H3,(H,29,30)/b17-14+,23-10-,24-18-. The number of nitrogens with one attached hydrogen (secondary N) is 1. The first-order valence-electron chi connectivity index (χ1n) is 11.5. The van der Waals surface area contributed by atoms with E-state index in [4.69, 9.17) is 4.74 Å². The van der Waals surface area contributed by atoms with Crippen LogP contribution in [0.2, 0.25) is 0 Å². The van der Waals surface area contributed by atoms with Crippen LogP contribution in [0.25, 0.3) is 6.08 Å². The van der Waals surface area contributed by atoms with Crippen molar-refractivity contribution in [1.82, 2.24) is 5.32 Å². The molecule has 0 saturated carbocycles. The molecule has 1 aromatic rings. The number of amides is 1. The highest BCUT2D eigenvalue weighted by Gasteiger charge is 1.99. The molecule has 0 atom stereocenters. The topological polar surface area (TPSA) is 55.4 Å². The Bertz CT molecular complexity index is 860. The molecule has 0 aromatic heterocycles. The Kier molecular flexibility index (Phi) is 14.7. The minimum absolute atomic E-state index is 0.0285. The van der Waals surface area contributed by atoms with Crippen molar-refractivity contribution in [2.75, 3.05) is 18.9 Å². The summed E-state index contributed by atoms with van der Waals surface area (Å²) in [4.78, 5) is 22.6. The number of carbonyl (C=O) groups excluding carboxylic acids is 2. The van der Waals surface area contributed by atoms with Crippen molar-refractivity contribution in [2.45, 2.75) is 60.3 Å². The van der Waals surface area contributed by atoms with E-state index in [-0.39, 0.29) is 11.0 Å². The quantitative estimate of drug-likeness (QED) is 0.183. The van der Waals surface area contributed by atoms with E-state index >= 15 is 0 Å². The number of benzene rings is 1. The third-order valence-corrected chi connectivity index (χ3v) is 5.65. The van der Waals surface area contributed by atoms with Crippen molar-refractivity contribution >= 4 is 28.9 Å². The van der Waals surface area contributed by atoms with Crippen LogP contribution in [0.3, 0.4) is 0 Å². The molecular formula is C28H39NO3S. The molecule has 0 saturated heterocycles. The van der Waals surface area contributed by atoms with Crippen molar-refractivity contribution in [2.24, 2.45) is 0 Å². The van der Waals surface area contributed by atoms with Gasteiger partial charge in [-0.3, -0.25) is 9.59 Å². The predicted octanol–water partition coefficient (Wildman–Crippen LogP) is 6.89. The maximum atomic E-state index is 11.8. The van der Waals surface area contributed by atoms with Gasteiger partial charge in [-0.15, -0.1) is 0 Å². The number of allylic oxidation sites excluding steroid dienone is 5. The molecule has 5 heteroatoms. The molecule has 0 aliphatic heterocycles. The summed E-state index contributed by atoms with van der Waals surface area (Å²) in [7, 11) is 0. The van der Waals surface area contributed by atoms with Crippen LogP contribution in [0.15, 0.2) is 65.3 Å². The second-order valence-electron chi connectivity index (χ2n) is 8.32. The van der Waals surface area contributed by atoms with Crippen LogP contribution in [0.5, 0.6) is 5.75 Å². The minimum Gasteiger partial charge on any atom is -0.490 e. The lowest BCUT2D eigenvalue weighted by Crippen LogP contribution is -2.22. The first kappa shape index (κ1) is 28.5. The molecular weight excluding hydrogens is 430 g/mol. The monoisotopic (exact) mass is 469 g/mol. The summed E-state index contributed by atoms with van der Waals surface area (Å²) < 4.78 is 5.82. The second kappa shape index (κ2) is 17.0. The fraction of sp³-hybridized carbons (Fsp3) is 0.429. The molecule has 0 fully saturated rings. The highest BCUT2D eigenvalue weighted by Crippen LogP contribution is 2.15. The maximum absolute atomic E-state index is 11.8. The van der Waals surface area contributed by atoms with Gasteiger partial charge in [0.15, 0.2) is 0 Å². The molecule has 180 valence electrons. The van der Waals surface area contributed by atoms with Gasteiger partial charge in [0.25, 0.3) is 0 Å². The van der Waals surface area contributed by atoms with Gasteiger partial charge < -0.3 is 10.1 Å². The summed E-state index contributed by atoms with van der Waals surface area (Å²) in [5.74, 6) is 1.29. The van der Waals surface area contributed by atoms with Gasteiger partial charge in [0, 0.05) is 19.2 Å². The van der Waals surface area contributed by atoms with Crippen LogP contribution in [0.4, 0.5) is 0 Å². The average Bonchev–Trinajstić information content (AvgIpc) is 2.76. The van der Waals surface area contributed by atoms with Crippen LogP contribution >= 0.6 is 11.8 Å². The van der Waals surface area contributed by atoms with Gasteiger partial charge in [0.05, 0.1) is 0 Å². The molecule has 1 N–H and O–H groups in total. The number of hydrogen-bond acceptors (Lipinski definition) is 4. The highest BCUT2D eigenvalue weighted by molar-refractivity contribution is 8.14. The minimum atomic E-state index is -0.0833. The van der Waals surface area contributed by atoms with Crippen LogP contribution in [0.1, 0.15) is 65.9 Å². The summed E-state index contributed by atoms with van der Waals surface area (Å²) >= 11 is 1.19. The zero-order chi connectivity index (χ0) is 24.5. The fourth-order valence-electron chi connectivity index (χ4n) is 2.89. The molecule has 1 rings (SSSR count). The Morgan fingerprint density at radius 2 is 1.55 bits per heavy atom. The van der Waals surface area contributed by atoms with E-state index in [1.807, 2.05) is 24.3 Å². The molecule has 33 heavy (non-hydrogen) atoms. The number of carbonyl (C=O) groups is 2. The first-order chi connectivity index (χ1) is 15.8. The highest BCUT2D eigenvalue weighted by atomic mass is 32.2. The number of thioether (sulfide) groups is 1. The van der Waals surface area contributed by atoms with Gasteiger partial charge in [-0.05, 0) is 83.2 Å². The summed E-state index contributed by atoms with van der Waals surface area (Å²) in [6.45, 7) is 11.2.